The quantitative estimate of drug-likeness (QED) is 0.292. The number of aryl methyl sites for hydroxylation is 1. The number of hydrogen-bond donors (Lipinski definition) is 0. The fourth-order valence-electron chi connectivity index (χ4n) is 3.42. The Balaban J connectivity index is 1.40. The van der Waals surface area contributed by atoms with Crippen LogP contribution in [0.25, 0.3) is 0 Å². The van der Waals surface area contributed by atoms with Gasteiger partial charge in [-0.15, -0.1) is 0 Å². The molecule has 4 aromatic carbocycles. The Labute approximate surface area is 199 Å². The van der Waals surface area contributed by atoms with Gasteiger partial charge in [0.25, 0.3) is 0 Å². The standard InChI is InChI=1S/C28H24O5S/c1-20-3-15-26(16-4-20)34(30,31)27-17-13-25(14-18-27)33-24-9-5-21(6-10-24)19-28(29)22-7-11-23(32-2)12-8-22/h3-18H,19H2,1-2H3. The van der Waals surface area contributed by atoms with Crippen molar-refractivity contribution in [2.24, 2.45) is 0 Å². The minimum absolute atomic E-state index is 0.0155. The lowest BCUT2D eigenvalue weighted by Gasteiger charge is -2.09. The summed E-state index contributed by atoms with van der Waals surface area (Å²) in [6.45, 7) is 1.91. The van der Waals surface area contributed by atoms with E-state index in [1.807, 2.05) is 19.1 Å². The first-order valence-electron chi connectivity index (χ1n) is 10.7. The maximum atomic E-state index is 12.8. The smallest absolute Gasteiger partial charge is 0.206 e. The third kappa shape index (κ3) is 5.35. The number of benzene rings is 4. The molecule has 0 amide bonds. The highest BCUT2D eigenvalue weighted by Crippen LogP contribution is 2.26. The zero-order valence-corrected chi connectivity index (χ0v) is 19.7. The summed E-state index contributed by atoms with van der Waals surface area (Å²) in [4.78, 5) is 13.0. The molecular weight excluding hydrogens is 448 g/mol. The van der Waals surface area contributed by atoms with Crippen molar-refractivity contribution in [1.82, 2.24) is 0 Å². The number of rotatable bonds is 8. The molecule has 4 aromatic rings. The Morgan fingerprint density at radius 1 is 0.676 bits per heavy atom. The van der Waals surface area contributed by atoms with E-state index in [4.69, 9.17) is 9.47 Å². The van der Waals surface area contributed by atoms with Gasteiger partial charge in [-0.05, 0) is 85.3 Å². The topological polar surface area (TPSA) is 69.7 Å². The van der Waals surface area contributed by atoms with Crippen molar-refractivity contribution in [3.8, 4) is 17.2 Å². The molecule has 0 N–H and O–H groups in total. The van der Waals surface area contributed by atoms with Crippen molar-refractivity contribution in [1.29, 1.82) is 0 Å². The monoisotopic (exact) mass is 472 g/mol. The molecular formula is C28H24O5S. The summed E-state index contributed by atoms with van der Waals surface area (Å²) in [6.07, 6.45) is 0.276. The number of carbonyl (C=O) groups is 1. The first kappa shape index (κ1) is 23.3. The molecule has 4 rings (SSSR count). The second-order valence-corrected chi connectivity index (χ2v) is 9.81. The summed E-state index contributed by atoms with van der Waals surface area (Å²) in [5.41, 5.74) is 2.49. The highest BCUT2D eigenvalue weighted by molar-refractivity contribution is 7.91. The Morgan fingerprint density at radius 2 is 1.15 bits per heavy atom. The van der Waals surface area contributed by atoms with Crippen LogP contribution in [0.3, 0.4) is 0 Å². The molecule has 0 heterocycles. The average molecular weight is 473 g/mol. The van der Waals surface area contributed by atoms with Crippen molar-refractivity contribution in [2.75, 3.05) is 7.11 Å². The second-order valence-electron chi connectivity index (χ2n) is 7.86. The Hall–Kier alpha value is -3.90. The van der Waals surface area contributed by atoms with Crippen molar-refractivity contribution in [2.45, 2.75) is 23.1 Å². The van der Waals surface area contributed by atoms with Gasteiger partial charge in [0, 0.05) is 12.0 Å². The fourth-order valence-corrected chi connectivity index (χ4v) is 4.68. The SMILES string of the molecule is COc1ccc(C(=O)Cc2ccc(Oc3ccc(S(=O)(=O)c4ccc(C)cc4)cc3)cc2)cc1. The van der Waals surface area contributed by atoms with Crippen molar-refractivity contribution < 1.29 is 22.7 Å². The summed E-state index contributed by atoms with van der Waals surface area (Å²) < 4.78 is 36.6. The van der Waals surface area contributed by atoms with Gasteiger partial charge < -0.3 is 9.47 Å². The maximum Gasteiger partial charge on any atom is 0.206 e. The first-order chi connectivity index (χ1) is 16.3. The largest absolute Gasteiger partial charge is 0.497 e. The van der Waals surface area contributed by atoms with Crippen LogP contribution in [-0.2, 0) is 16.3 Å². The molecule has 0 saturated carbocycles. The van der Waals surface area contributed by atoms with E-state index in [1.165, 1.54) is 12.1 Å². The molecule has 0 spiro atoms. The molecule has 0 bridgehead atoms. The van der Waals surface area contributed by atoms with Gasteiger partial charge in [0.15, 0.2) is 5.78 Å². The minimum atomic E-state index is -3.58. The number of ether oxygens (including phenoxy) is 2. The molecule has 0 aliphatic heterocycles. The molecule has 0 saturated heterocycles. The summed E-state index contributed by atoms with van der Waals surface area (Å²) in [5.74, 6) is 1.83. The van der Waals surface area contributed by atoms with E-state index in [0.717, 1.165) is 11.1 Å². The third-order valence-electron chi connectivity index (χ3n) is 5.40. The number of ketones is 1. The number of carbonyl (C=O) groups excluding carboxylic acids is 1. The van der Waals surface area contributed by atoms with Crippen LogP contribution in [0.5, 0.6) is 17.2 Å². The second kappa shape index (κ2) is 9.93. The van der Waals surface area contributed by atoms with Crippen LogP contribution in [0.15, 0.2) is 107 Å². The van der Waals surface area contributed by atoms with Crippen molar-refractivity contribution in [3.63, 3.8) is 0 Å². The summed E-state index contributed by atoms with van der Waals surface area (Å²) in [5, 5.41) is 0. The molecule has 0 aliphatic rings. The van der Waals surface area contributed by atoms with Gasteiger partial charge in [-0.1, -0.05) is 29.8 Å². The molecule has 0 aliphatic carbocycles. The lowest BCUT2D eigenvalue weighted by Crippen LogP contribution is -2.03. The Kier molecular flexibility index (Phi) is 6.80. The molecule has 0 unspecified atom stereocenters. The van der Waals surface area contributed by atoms with Crippen LogP contribution < -0.4 is 9.47 Å². The van der Waals surface area contributed by atoms with E-state index >= 15 is 0 Å². The van der Waals surface area contributed by atoms with Gasteiger partial charge in [0.05, 0.1) is 16.9 Å². The minimum Gasteiger partial charge on any atom is -0.497 e. The van der Waals surface area contributed by atoms with Gasteiger partial charge in [-0.25, -0.2) is 8.42 Å². The van der Waals surface area contributed by atoms with Gasteiger partial charge in [0.2, 0.25) is 9.84 Å². The number of hydrogen-bond acceptors (Lipinski definition) is 5. The summed E-state index contributed by atoms with van der Waals surface area (Å²) in [7, 11) is -2.00. The van der Waals surface area contributed by atoms with E-state index in [-0.39, 0.29) is 22.0 Å². The Bertz CT molecular complexity index is 1370. The van der Waals surface area contributed by atoms with Crippen LogP contribution in [0, 0.1) is 6.92 Å². The molecule has 5 nitrogen and oxygen atoms in total. The summed E-state index contributed by atoms with van der Waals surface area (Å²) in [6, 6.07) is 27.4. The fraction of sp³-hybridized carbons (Fsp3) is 0.107. The molecule has 0 radical (unpaired) electrons. The van der Waals surface area contributed by atoms with Crippen LogP contribution in [0.1, 0.15) is 21.5 Å². The molecule has 0 aromatic heterocycles. The van der Waals surface area contributed by atoms with Gasteiger partial charge in [-0.3, -0.25) is 4.79 Å². The lowest BCUT2D eigenvalue weighted by molar-refractivity contribution is 0.0993. The third-order valence-corrected chi connectivity index (χ3v) is 7.19. The zero-order chi connectivity index (χ0) is 24.1. The molecule has 6 heteroatoms. The first-order valence-corrected chi connectivity index (χ1v) is 12.2. The molecule has 0 fully saturated rings. The molecule has 172 valence electrons. The maximum absolute atomic E-state index is 12.8. The van der Waals surface area contributed by atoms with Gasteiger partial charge in [-0.2, -0.15) is 0 Å². The predicted octanol–water partition coefficient (Wildman–Crippen LogP) is 6.05. The van der Waals surface area contributed by atoms with E-state index < -0.39 is 9.84 Å². The highest BCUT2D eigenvalue weighted by atomic mass is 32.2. The number of sulfone groups is 1. The molecule has 0 atom stereocenters. The van der Waals surface area contributed by atoms with E-state index in [2.05, 4.69) is 0 Å². The summed E-state index contributed by atoms with van der Waals surface area (Å²) >= 11 is 0. The normalized spacial score (nSPS) is 11.1. The molecule has 34 heavy (non-hydrogen) atoms. The zero-order valence-electron chi connectivity index (χ0n) is 18.9. The van der Waals surface area contributed by atoms with Gasteiger partial charge >= 0.3 is 0 Å². The predicted molar refractivity (Wildman–Crippen MR) is 131 cm³/mol. The van der Waals surface area contributed by atoms with Crippen LogP contribution in [0.4, 0.5) is 0 Å². The van der Waals surface area contributed by atoms with Crippen LogP contribution in [0.2, 0.25) is 0 Å². The Morgan fingerprint density at radius 3 is 1.68 bits per heavy atom. The van der Waals surface area contributed by atoms with Crippen molar-refractivity contribution >= 4 is 15.6 Å². The van der Waals surface area contributed by atoms with Gasteiger partial charge in [0.1, 0.15) is 17.2 Å². The van der Waals surface area contributed by atoms with Crippen LogP contribution in [-0.4, -0.2) is 21.3 Å². The average Bonchev–Trinajstić information content (AvgIpc) is 2.86. The number of methoxy groups -OCH3 is 1. The lowest BCUT2D eigenvalue weighted by atomic mass is 10.0. The van der Waals surface area contributed by atoms with E-state index in [0.29, 0.717) is 22.8 Å². The number of Topliss-reactive ketones (excluding diaryl/α,β-unsaturated/α-hetero) is 1. The highest BCUT2D eigenvalue weighted by Gasteiger charge is 2.17. The van der Waals surface area contributed by atoms with E-state index in [9.17, 15) is 13.2 Å². The van der Waals surface area contributed by atoms with Crippen LogP contribution >= 0.6 is 0 Å². The van der Waals surface area contributed by atoms with Crippen molar-refractivity contribution in [3.05, 3.63) is 114 Å². The van der Waals surface area contributed by atoms with E-state index in [1.54, 1.807) is 79.9 Å².